The monoisotopic (exact) mass is 526 g/mol. The van der Waals surface area contributed by atoms with Crippen molar-refractivity contribution in [3.8, 4) is 5.75 Å². The van der Waals surface area contributed by atoms with Gasteiger partial charge in [-0.05, 0) is 58.9 Å². The van der Waals surface area contributed by atoms with Gasteiger partial charge in [-0.15, -0.1) is 0 Å². The third-order valence-corrected chi connectivity index (χ3v) is 6.91. The molecule has 4 rings (SSSR count). The zero-order valence-electron chi connectivity index (χ0n) is 23.2. The molecule has 0 aliphatic carbocycles. The zero-order valence-corrected chi connectivity index (χ0v) is 23.2. The number of benzene rings is 3. The summed E-state index contributed by atoms with van der Waals surface area (Å²) in [5.41, 5.74) is 3.69. The van der Waals surface area contributed by atoms with Gasteiger partial charge >= 0.3 is 0 Å². The number of carbonyl (C=O) groups is 3. The van der Waals surface area contributed by atoms with Crippen LogP contribution in [-0.2, 0) is 26.2 Å². The van der Waals surface area contributed by atoms with Crippen molar-refractivity contribution in [2.75, 3.05) is 17.3 Å². The second-order valence-electron chi connectivity index (χ2n) is 10.7. The molecule has 2 N–H and O–H groups in total. The Hall–Kier alpha value is -4.39. The molecule has 3 aromatic rings. The van der Waals surface area contributed by atoms with Crippen molar-refractivity contribution < 1.29 is 24.2 Å². The van der Waals surface area contributed by atoms with Crippen LogP contribution in [0.25, 0.3) is 5.76 Å². The number of nitrogens with zero attached hydrogens (tertiary/aromatic N) is 1. The molecule has 202 valence electrons. The molecule has 7 nitrogen and oxygen atoms in total. The number of carbonyl (C=O) groups excluding carboxylic acids is 3. The quantitative estimate of drug-likeness (QED) is 0.229. The molecular weight excluding hydrogens is 492 g/mol. The van der Waals surface area contributed by atoms with E-state index in [4.69, 9.17) is 4.74 Å². The van der Waals surface area contributed by atoms with E-state index in [1.54, 1.807) is 36.4 Å². The van der Waals surface area contributed by atoms with Crippen LogP contribution in [0.5, 0.6) is 5.75 Å². The number of aliphatic hydroxyl groups excluding tert-OH is 1. The first kappa shape index (κ1) is 27.6. The standard InChI is InChI=1S/C32H34N2O5/c1-7-20-11-13-21(14-12-20)28-27(29(36)25-17-22(32(3,4)5)15-16-26(25)39-6)30(37)31(38)34(28)24-10-8-9-23(18-24)33-19(2)35/h8-18,28,36H,7H2,1-6H3,(H,33,35)/b29-27+. The van der Waals surface area contributed by atoms with Crippen LogP contribution in [0.3, 0.4) is 0 Å². The highest BCUT2D eigenvalue weighted by atomic mass is 16.5. The van der Waals surface area contributed by atoms with Crippen molar-refractivity contribution in [2.24, 2.45) is 0 Å². The molecule has 1 unspecified atom stereocenters. The van der Waals surface area contributed by atoms with E-state index < -0.39 is 17.7 Å². The minimum atomic E-state index is -0.897. The Morgan fingerprint density at radius 2 is 1.72 bits per heavy atom. The maximum atomic E-state index is 13.6. The number of methoxy groups -OCH3 is 1. The van der Waals surface area contributed by atoms with E-state index in [1.165, 1.54) is 18.9 Å². The van der Waals surface area contributed by atoms with E-state index in [-0.39, 0.29) is 22.7 Å². The van der Waals surface area contributed by atoms with Gasteiger partial charge in [0.1, 0.15) is 11.5 Å². The summed E-state index contributed by atoms with van der Waals surface area (Å²) in [5, 5.41) is 14.4. The number of ether oxygens (including phenoxy) is 1. The van der Waals surface area contributed by atoms with E-state index in [9.17, 15) is 19.5 Å². The summed E-state index contributed by atoms with van der Waals surface area (Å²) in [7, 11) is 1.50. The van der Waals surface area contributed by atoms with Crippen LogP contribution >= 0.6 is 0 Å². The number of Topliss-reactive ketones (excluding diaryl/α,β-unsaturated/α-hetero) is 1. The number of nitrogens with one attached hydrogen (secondary N) is 1. The van der Waals surface area contributed by atoms with Gasteiger partial charge in [-0.2, -0.15) is 0 Å². The van der Waals surface area contributed by atoms with Gasteiger partial charge < -0.3 is 15.2 Å². The summed E-state index contributed by atoms with van der Waals surface area (Å²) in [6, 6.07) is 19.0. The molecule has 1 atom stereocenters. The summed E-state index contributed by atoms with van der Waals surface area (Å²) >= 11 is 0. The topological polar surface area (TPSA) is 95.9 Å². The molecule has 0 spiro atoms. The fourth-order valence-electron chi connectivity index (χ4n) is 4.79. The third kappa shape index (κ3) is 5.43. The molecule has 39 heavy (non-hydrogen) atoms. The van der Waals surface area contributed by atoms with E-state index in [0.29, 0.717) is 28.3 Å². The Bertz CT molecular complexity index is 1460. The first-order chi connectivity index (χ1) is 18.5. The van der Waals surface area contributed by atoms with Crippen LogP contribution in [0.2, 0.25) is 0 Å². The van der Waals surface area contributed by atoms with Gasteiger partial charge in [-0.1, -0.05) is 64.1 Å². The number of hydrogen-bond donors (Lipinski definition) is 2. The smallest absolute Gasteiger partial charge is 0.300 e. The van der Waals surface area contributed by atoms with Gasteiger partial charge in [0.05, 0.1) is 24.3 Å². The Morgan fingerprint density at radius 1 is 1.03 bits per heavy atom. The third-order valence-electron chi connectivity index (χ3n) is 6.91. The second kappa shape index (κ2) is 10.8. The first-order valence-corrected chi connectivity index (χ1v) is 12.9. The molecule has 0 radical (unpaired) electrons. The Morgan fingerprint density at radius 3 is 2.31 bits per heavy atom. The molecule has 1 heterocycles. The highest BCUT2D eigenvalue weighted by Gasteiger charge is 2.47. The number of ketones is 1. The minimum Gasteiger partial charge on any atom is -0.507 e. The van der Waals surface area contributed by atoms with Gasteiger partial charge in [-0.3, -0.25) is 19.3 Å². The van der Waals surface area contributed by atoms with Crippen LogP contribution in [0.1, 0.15) is 62.9 Å². The molecule has 7 heteroatoms. The van der Waals surface area contributed by atoms with E-state index in [0.717, 1.165) is 17.5 Å². The van der Waals surface area contributed by atoms with Gasteiger partial charge in [-0.25, -0.2) is 0 Å². The molecular formula is C32H34N2O5. The molecule has 2 amide bonds. The van der Waals surface area contributed by atoms with Crippen LogP contribution in [0, 0.1) is 0 Å². The Labute approximate surface area is 229 Å². The van der Waals surface area contributed by atoms with Crippen molar-refractivity contribution in [3.05, 3.63) is 94.6 Å². The number of rotatable bonds is 6. The van der Waals surface area contributed by atoms with Crippen molar-refractivity contribution in [1.82, 2.24) is 0 Å². The van der Waals surface area contributed by atoms with Crippen molar-refractivity contribution in [2.45, 2.75) is 52.5 Å². The highest BCUT2D eigenvalue weighted by Crippen LogP contribution is 2.44. The predicted octanol–water partition coefficient (Wildman–Crippen LogP) is 6.14. The summed E-state index contributed by atoms with van der Waals surface area (Å²) in [4.78, 5) is 40.3. The fourth-order valence-corrected chi connectivity index (χ4v) is 4.79. The first-order valence-electron chi connectivity index (χ1n) is 12.9. The van der Waals surface area contributed by atoms with Crippen LogP contribution in [0.4, 0.5) is 11.4 Å². The summed E-state index contributed by atoms with van der Waals surface area (Å²) < 4.78 is 5.55. The molecule has 0 bridgehead atoms. The SMILES string of the molecule is CCc1ccc(C2/C(=C(\O)c3cc(C(C)(C)C)ccc3OC)C(=O)C(=O)N2c2cccc(NC(C)=O)c2)cc1. The molecule has 0 saturated carbocycles. The number of amides is 2. The Balaban J connectivity index is 1.97. The van der Waals surface area contributed by atoms with Gasteiger partial charge in [0.25, 0.3) is 11.7 Å². The number of anilines is 2. The lowest BCUT2D eigenvalue weighted by Crippen LogP contribution is -2.29. The van der Waals surface area contributed by atoms with Crippen LogP contribution in [-0.4, -0.2) is 29.8 Å². The fraction of sp³-hybridized carbons (Fsp3) is 0.281. The Kier molecular flexibility index (Phi) is 7.63. The summed E-state index contributed by atoms with van der Waals surface area (Å²) in [6.45, 7) is 9.59. The van der Waals surface area contributed by atoms with E-state index in [1.807, 2.05) is 37.3 Å². The maximum Gasteiger partial charge on any atom is 0.300 e. The maximum absolute atomic E-state index is 13.6. The predicted molar refractivity (Wildman–Crippen MR) is 153 cm³/mol. The molecule has 1 fully saturated rings. The van der Waals surface area contributed by atoms with Crippen LogP contribution < -0.4 is 15.0 Å². The highest BCUT2D eigenvalue weighted by molar-refractivity contribution is 6.51. The lowest BCUT2D eigenvalue weighted by Gasteiger charge is -2.26. The van der Waals surface area contributed by atoms with Crippen molar-refractivity contribution >= 4 is 34.7 Å². The number of aryl methyl sites for hydroxylation is 1. The zero-order chi connectivity index (χ0) is 28.5. The summed E-state index contributed by atoms with van der Waals surface area (Å²) in [5.74, 6) is -1.75. The lowest BCUT2D eigenvalue weighted by molar-refractivity contribution is -0.132. The van der Waals surface area contributed by atoms with E-state index in [2.05, 4.69) is 26.1 Å². The second-order valence-corrected chi connectivity index (χ2v) is 10.7. The van der Waals surface area contributed by atoms with Crippen LogP contribution in [0.15, 0.2) is 72.3 Å². The molecule has 3 aromatic carbocycles. The largest absolute Gasteiger partial charge is 0.507 e. The molecule has 0 aromatic heterocycles. The molecule has 1 saturated heterocycles. The normalized spacial score (nSPS) is 16.9. The molecule has 1 aliphatic heterocycles. The minimum absolute atomic E-state index is 0.0291. The van der Waals surface area contributed by atoms with Crippen molar-refractivity contribution in [3.63, 3.8) is 0 Å². The van der Waals surface area contributed by atoms with Gasteiger partial charge in [0.15, 0.2) is 0 Å². The van der Waals surface area contributed by atoms with Crippen molar-refractivity contribution in [1.29, 1.82) is 0 Å². The van der Waals surface area contributed by atoms with Gasteiger partial charge in [0.2, 0.25) is 5.91 Å². The average molecular weight is 527 g/mol. The average Bonchev–Trinajstić information content (AvgIpc) is 3.17. The van der Waals surface area contributed by atoms with E-state index >= 15 is 0 Å². The number of aliphatic hydroxyl groups is 1. The molecule has 1 aliphatic rings. The number of hydrogen-bond acceptors (Lipinski definition) is 5. The van der Waals surface area contributed by atoms with Gasteiger partial charge in [0, 0.05) is 18.3 Å². The lowest BCUT2D eigenvalue weighted by atomic mass is 9.85. The summed E-state index contributed by atoms with van der Waals surface area (Å²) in [6.07, 6.45) is 0.829.